The molecule has 0 heterocycles. The van der Waals surface area contributed by atoms with Crippen molar-refractivity contribution in [2.75, 3.05) is 20.2 Å². The number of hydrogen-bond acceptors (Lipinski definition) is 2. The van der Waals surface area contributed by atoms with Gasteiger partial charge in [0.25, 0.3) is 0 Å². The highest BCUT2D eigenvalue weighted by atomic mass is 19.1. The lowest BCUT2D eigenvalue weighted by Gasteiger charge is -2.24. The molecule has 3 unspecified atom stereocenters. The number of para-hydroxylation sites is 1. The number of nitrogens with zero attached hydrogens (tertiary/aromatic N) is 1. The van der Waals surface area contributed by atoms with Crippen molar-refractivity contribution in [3.63, 3.8) is 0 Å². The van der Waals surface area contributed by atoms with Crippen LogP contribution >= 0.6 is 0 Å². The van der Waals surface area contributed by atoms with E-state index in [1.165, 1.54) is 31.7 Å². The molecule has 1 aromatic rings. The minimum absolute atomic E-state index is 0.190. The van der Waals surface area contributed by atoms with E-state index in [4.69, 9.17) is 4.74 Å². The zero-order chi connectivity index (χ0) is 15.5. The van der Waals surface area contributed by atoms with Gasteiger partial charge in [-0.05, 0) is 49.1 Å². The number of carbonyl (C=O) groups is 1. The van der Waals surface area contributed by atoms with Crippen LogP contribution in [0.2, 0.25) is 0 Å². The molecule has 3 atom stereocenters. The maximum Gasteiger partial charge on any atom is 0.222 e. The molecular weight excluding hydrogens is 281 g/mol. The third kappa shape index (κ3) is 3.42. The summed E-state index contributed by atoms with van der Waals surface area (Å²) >= 11 is 0. The summed E-state index contributed by atoms with van der Waals surface area (Å²) in [5, 5.41) is 0. The fraction of sp³-hybridized carbons (Fsp3) is 0.611. The Morgan fingerprint density at radius 1 is 1.32 bits per heavy atom. The molecule has 1 amide bonds. The number of hydrogen-bond donors (Lipinski definition) is 0. The quantitative estimate of drug-likeness (QED) is 0.805. The van der Waals surface area contributed by atoms with Crippen molar-refractivity contribution in [2.24, 2.45) is 17.8 Å². The Morgan fingerprint density at radius 2 is 2.14 bits per heavy atom. The highest BCUT2D eigenvalue weighted by Gasteiger charge is 2.40. The third-order valence-electron chi connectivity index (χ3n) is 5.27. The topological polar surface area (TPSA) is 29.5 Å². The normalized spacial score (nSPS) is 26.2. The van der Waals surface area contributed by atoms with Crippen molar-refractivity contribution in [3.8, 4) is 5.75 Å². The molecule has 0 aliphatic heterocycles. The first-order valence-electron chi connectivity index (χ1n) is 8.24. The molecule has 0 N–H and O–H groups in total. The van der Waals surface area contributed by atoms with E-state index in [1.807, 2.05) is 0 Å². The maximum absolute atomic E-state index is 13.4. The number of fused-ring (bicyclic) bond motifs is 2. The van der Waals surface area contributed by atoms with Crippen LogP contribution in [0.25, 0.3) is 0 Å². The predicted octanol–water partition coefficient (Wildman–Crippen LogP) is 3.49. The van der Waals surface area contributed by atoms with Crippen LogP contribution in [-0.4, -0.2) is 31.0 Å². The Hall–Kier alpha value is -1.58. The van der Waals surface area contributed by atoms with Gasteiger partial charge in [-0.1, -0.05) is 18.6 Å². The second-order valence-electron chi connectivity index (χ2n) is 6.73. The first-order chi connectivity index (χ1) is 10.6. The largest absolute Gasteiger partial charge is 0.489 e. The predicted molar refractivity (Wildman–Crippen MR) is 83.1 cm³/mol. The van der Waals surface area contributed by atoms with E-state index >= 15 is 0 Å². The van der Waals surface area contributed by atoms with Crippen molar-refractivity contribution in [1.82, 2.24) is 4.90 Å². The lowest BCUT2D eigenvalue weighted by Crippen LogP contribution is -2.33. The summed E-state index contributed by atoms with van der Waals surface area (Å²) in [6, 6.07) is 6.35. The fourth-order valence-corrected chi connectivity index (χ4v) is 3.99. The fourth-order valence-electron chi connectivity index (χ4n) is 3.99. The smallest absolute Gasteiger partial charge is 0.222 e. The first-order valence-corrected chi connectivity index (χ1v) is 8.24. The zero-order valence-corrected chi connectivity index (χ0v) is 13.1. The second-order valence-corrected chi connectivity index (χ2v) is 6.73. The Kier molecular flexibility index (Phi) is 4.65. The first kappa shape index (κ1) is 15.3. The lowest BCUT2D eigenvalue weighted by molar-refractivity contribution is -0.131. The maximum atomic E-state index is 13.4. The number of benzene rings is 1. The molecule has 0 spiro atoms. The molecule has 0 radical (unpaired) electrons. The summed E-state index contributed by atoms with van der Waals surface area (Å²) in [6.45, 7) is 0.813. The molecule has 0 aromatic heterocycles. The van der Waals surface area contributed by atoms with E-state index in [9.17, 15) is 9.18 Å². The Morgan fingerprint density at radius 3 is 2.82 bits per heavy atom. The van der Waals surface area contributed by atoms with Crippen LogP contribution in [0.5, 0.6) is 5.75 Å². The highest BCUT2D eigenvalue weighted by molar-refractivity contribution is 5.76. The second kappa shape index (κ2) is 6.67. The van der Waals surface area contributed by atoms with Gasteiger partial charge in [0, 0.05) is 13.5 Å². The standard InChI is InChI=1S/C18H24FNO2/c1-20(8-9-22-17-5-3-2-4-16(17)19)18(21)12-15-11-13-6-7-14(15)10-13/h2-5,13-15H,6-12H2,1H3. The van der Waals surface area contributed by atoms with Crippen molar-refractivity contribution >= 4 is 5.91 Å². The van der Waals surface area contributed by atoms with Gasteiger partial charge in [0.2, 0.25) is 5.91 Å². The van der Waals surface area contributed by atoms with E-state index in [-0.39, 0.29) is 17.5 Å². The highest BCUT2D eigenvalue weighted by Crippen LogP contribution is 2.49. The Balaban J connectivity index is 1.41. The van der Waals surface area contributed by atoms with E-state index in [0.29, 0.717) is 25.5 Å². The third-order valence-corrected chi connectivity index (χ3v) is 5.27. The van der Waals surface area contributed by atoms with E-state index in [2.05, 4.69) is 0 Å². The van der Waals surface area contributed by atoms with Crippen LogP contribution in [0.1, 0.15) is 32.1 Å². The molecule has 2 aliphatic carbocycles. The molecule has 1 aromatic carbocycles. The number of ether oxygens (including phenoxy) is 1. The summed E-state index contributed by atoms with van der Waals surface area (Å²) in [5.41, 5.74) is 0. The molecule has 0 saturated heterocycles. The number of halogens is 1. The monoisotopic (exact) mass is 305 g/mol. The number of carbonyl (C=O) groups excluding carboxylic acids is 1. The molecule has 2 bridgehead atoms. The molecule has 4 heteroatoms. The van der Waals surface area contributed by atoms with Crippen LogP contribution in [0, 0.1) is 23.6 Å². The SMILES string of the molecule is CN(CCOc1ccccc1F)C(=O)CC1CC2CCC1C2. The molecule has 2 fully saturated rings. The molecule has 3 nitrogen and oxygen atoms in total. The molecule has 2 aliphatic rings. The lowest BCUT2D eigenvalue weighted by atomic mass is 9.86. The molecular formula is C18H24FNO2. The molecule has 120 valence electrons. The van der Waals surface area contributed by atoms with Gasteiger partial charge in [-0.3, -0.25) is 4.79 Å². The van der Waals surface area contributed by atoms with Gasteiger partial charge in [-0.15, -0.1) is 0 Å². The summed E-state index contributed by atoms with van der Waals surface area (Å²) in [4.78, 5) is 14.0. The summed E-state index contributed by atoms with van der Waals surface area (Å²) in [6.07, 6.45) is 5.90. The summed E-state index contributed by atoms with van der Waals surface area (Å²) in [5.74, 6) is 2.31. The van der Waals surface area contributed by atoms with Gasteiger partial charge in [0.15, 0.2) is 11.6 Å². The molecule has 22 heavy (non-hydrogen) atoms. The van der Waals surface area contributed by atoms with E-state index in [1.54, 1.807) is 30.1 Å². The molecule has 3 rings (SSSR count). The van der Waals surface area contributed by atoms with Gasteiger partial charge >= 0.3 is 0 Å². The van der Waals surface area contributed by atoms with Crippen LogP contribution < -0.4 is 4.74 Å². The van der Waals surface area contributed by atoms with Crippen molar-refractivity contribution in [2.45, 2.75) is 32.1 Å². The van der Waals surface area contributed by atoms with Crippen LogP contribution in [0.4, 0.5) is 4.39 Å². The van der Waals surface area contributed by atoms with Crippen molar-refractivity contribution < 1.29 is 13.9 Å². The minimum Gasteiger partial charge on any atom is -0.489 e. The van der Waals surface area contributed by atoms with Crippen LogP contribution in [0.15, 0.2) is 24.3 Å². The van der Waals surface area contributed by atoms with Crippen molar-refractivity contribution in [3.05, 3.63) is 30.1 Å². The van der Waals surface area contributed by atoms with Crippen LogP contribution in [-0.2, 0) is 4.79 Å². The van der Waals surface area contributed by atoms with Crippen LogP contribution in [0.3, 0.4) is 0 Å². The molecule has 2 saturated carbocycles. The Labute approximate surface area is 131 Å². The average molecular weight is 305 g/mol. The summed E-state index contributed by atoms with van der Waals surface area (Å²) in [7, 11) is 1.81. The number of likely N-dealkylation sites (N-methyl/N-ethyl adjacent to an activating group) is 1. The van der Waals surface area contributed by atoms with E-state index in [0.717, 1.165) is 11.8 Å². The van der Waals surface area contributed by atoms with Gasteiger partial charge < -0.3 is 9.64 Å². The number of rotatable bonds is 6. The van der Waals surface area contributed by atoms with Gasteiger partial charge in [-0.2, -0.15) is 0 Å². The average Bonchev–Trinajstić information content (AvgIpc) is 3.11. The van der Waals surface area contributed by atoms with Gasteiger partial charge in [0.1, 0.15) is 6.61 Å². The minimum atomic E-state index is -0.363. The number of amides is 1. The zero-order valence-electron chi connectivity index (χ0n) is 13.1. The van der Waals surface area contributed by atoms with Gasteiger partial charge in [0.05, 0.1) is 6.54 Å². The summed E-state index contributed by atoms with van der Waals surface area (Å²) < 4.78 is 18.8. The van der Waals surface area contributed by atoms with E-state index < -0.39 is 0 Å². The van der Waals surface area contributed by atoms with Crippen molar-refractivity contribution in [1.29, 1.82) is 0 Å². The van der Waals surface area contributed by atoms with Gasteiger partial charge in [-0.25, -0.2) is 4.39 Å². The Bertz CT molecular complexity index is 534.